The molecule has 4 nitrogen and oxygen atoms in total. The zero-order chi connectivity index (χ0) is 9.31. The molecular weight excluding hydrogens is 164 g/mol. The zero-order valence-electron chi connectivity index (χ0n) is 7.96. The molecule has 0 amide bonds. The van der Waals surface area contributed by atoms with Gasteiger partial charge in [0.25, 0.3) is 0 Å². The molecule has 70 valence electrons. The molecular formula is C9H14N4. The van der Waals surface area contributed by atoms with Crippen LogP contribution in [0.4, 0.5) is 5.95 Å². The fourth-order valence-corrected chi connectivity index (χ4v) is 1.37. The summed E-state index contributed by atoms with van der Waals surface area (Å²) < 4.78 is 0. The number of hydrogen-bond acceptors (Lipinski definition) is 4. The Bertz CT molecular complexity index is 306. The van der Waals surface area contributed by atoms with Crippen molar-refractivity contribution < 1.29 is 0 Å². The van der Waals surface area contributed by atoms with Crippen LogP contribution in [0, 0.1) is 6.92 Å². The van der Waals surface area contributed by atoms with Crippen molar-refractivity contribution in [1.82, 2.24) is 15.3 Å². The number of hydrogen-bond donors (Lipinski definition) is 2. The van der Waals surface area contributed by atoms with E-state index in [1.165, 1.54) is 0 Å². The second kappa shape index (κ2) is 2.96. The highest BCUT2D eigenvalue weighted by Gasteiger charge is 2.31. The Morgan fingerprint density at radius 2 is 2.31 bits per heavy atom. The largest absolute Gasteiger partial charge is 0.346 e. The van der Waals surface area contributed by atoms with Gasteiger partial charge in [0.2, 0.25) is 5.95 Å². The predicted molar refractivity (Wildman–Crippen MR) is 51.7 cm³/mol. The van der Waals surface area contributed by atoms with E-state index in [2.05, 4.69) is 27.5 Å². The van der Waals surface area contributed by atoms with Crippen LogP contribution in [-0.4, -0.2) is 28.6 Å². The molecule has 1 fully saturated rings. The molecule has 1 aromatic rings. The van der Waals surface area contributed by atoms with E-state index < -0.39 is 0 Å². The van der Waals surface area contributed by atoms with Gasteiger partial charge in [0.1, 0.15) is 0 Å². The minimum absolute atomic E-state index is 0.133. The molecule has 0 atom stereocenters. The smallest absolute Gasteiger partial charge is 0.223 e. The molecule has 2 heterocycles. The van der Waals surface area contributed by atoms with Gasteiger partial charge in [-0.25, -0.2) is 9.97 Å². The van der Waals surface area contributed by atoms with E-state index >= 15 is 0 Å². The topological polar surface area (TPSA) is 49.8 Å². The van der Waals surface area contributed by atoms with Crippen LogP contribution in [0.5, 0.6) is 0 Å². The molecule has 0 spiro atoms. The Morgan fingerprint density at radius 1 is 1.54 bits per heavy atom. The van der Waals surface area contributed by atoms with Crippen molar-refractivity contribution in [3.05, 3.63) is 18.0 Å². The average molecular weight is 178 g/mol. The van der Waals surface area contributed by atoms with Gasteiger partial charge in [0, 0.05) is 25.0 Å². The van der Waals surface area contributed by atoms with Crippen LogP contribution >= 0.6 is 0 Å². The average Bonchev–Trinajstić information content (AvgIpc) is 2.01. The van der Waals surface area contributed by atoms with Crippen LogP contribution in [0.1, 0.15) is 12.6 Å². The molecule has 0 radical (unpaired) electrons. The van der Waals surface area contributed by atoms with Crippen LogP contribution in [0.25, 0.3) is 0 Å². The summed E-state index contributed by atoms with van der Waals surface area (Å²) in [5.41, 5.74) is 1.13. The Kier molecular flexibility index (Phi) is 1.92. The normalized spacial score (nSPS) is 19.2. The summed E-state index contributed by atoms with van der Waals surface area (Å²) in [7, 11) is 0. The molecule has 2 N–H and O–H groups in total. The molecule has 0 bridgehead atoms. The molecule has 13 heavy (non-hydrogen) atoms. The van der Waals surface area contributed by atoms with Gasteiger partial charge in [0.15, 0.2) is 0 Å². The molecule has 1 aliphatic heterocycles. The molecule has 1 saturated heterocycles. The number of aromatic nitrogens is 2. The second-order valence-electron chi connectivity index (χ2n) is 3.81. The molecule has 0 aromatic carbocycles. The molecule has 0 unspecified atom stereocenters. The van der Waals surface area contributed by atoms with E-state index in [1.54, 1.807) is 6.20 Å². The molecule has 0 saturated carbocycles. The summed E-state index contributed by atoms with van der Waals surface area (Å²) in [6, 6.07) is 1.90. The van der Waals surface area contributed by atoms with Crippen molar-refractivity contribution >= 4 is 5.95 Å². The van der Waals surface area contributed by atoms with Crippen LogP contribution in [0.2, 0.25) is 0 Å². The third-order valence-corrected chi connectivity index (χ3v) is 2.24. The monoisotopic (exact) mass is 178 g/mol. The van der Waals surface area contributed by atoms with Gasteiger partial charge in [0.05, 0.1) is 5.54 Å². The first kappa shape index (κ1) is 8.44. The van der Waals surface area contributed by atoms with Gasteiger partial charge in [-0.2, -0.15) is 0 Å². The number of nitrogens with zero attached hydrogens (tertiary/aromatic N) is 2. The molecule has 1 aromatic heterocycles. The van der Waals surface area contributed by atoms with E-state index in [-0.39, 0.29) is 5.54 Å². The number of rotatable bonds is 2. The summed E-state index contributed by atoms with van der Waals surface area (Å²) >= 11 is 0. The fourth-order valence-electron chi connectivity index (χ4n) is 1.37. The minimum atomic E-state index is 0.133. The van der Waals surface area contributed by atoms with Gasteiger partial charge in [-0.3, -0.25) is 0 Å². The van der Waals surface area contributed by atoms with Gasteiger partial charge in [-0.05, 0) is 19.9 Å². The van der Waals surface area contributed by atoms with Crippen molar-refractivity contribution in [3.8, 4) is 0 Å². The molecule has 4 heteroatoms. The highest BCUT2D eigenvalue weighted by atomic mass is 15.2. The number of nitrogens with one attached hydrogen (secondary N) is 2. The highest BCUT2D eigenvalue weighted by molar-refractivity contribution is 5.31. The summed E-state index contributed by atoms with van der Waals surface area (Å²) in [5.74, 6) is 0.726. The lowest BCUT2D eigenvalue weighted by atomic mass is 9.96. The van der Waals surface area contributed by atoms with Crippen LogP contribution in [0.15, 0.2) is 12.3 Å². The lowest BCUT2D eigenvalue weighted by Gasteiger charge is -2.39. The number of anilines is 1. The molecule has 0 aliphatic carbocycles. The van der Waals surface area contributed by atoms with Gasteiger partial charge < -0.3 is 10.6 Å². The highest BCUT2D eigenvalue weighted by Crippen LogP contribution is 2.15. The van der Waals surface area contributed by atoms with E-state index in [0.29, 0.717) is 0 Å². The standard InChI is InChI=1S/C9H14N4/c1-7-3-4-11-8(12-7)13-9(2)5-10-6-9/h3-4,10H,5-6H2,1-2H3,(H,11,12,13). The third kappa shape index (κ3) is 1.78. The van der Waals surface area contributed by atoms with Gasteiger partial charge >= 0.3 is 0 Å². The maximum Gasteiger partial charge on any atom is 0.223 e. The van der Waals surface area contributed by atoms with E-state index in [1.807, 2.05) is 13.0 Å². The maximum absolute atomic E-state index is 4.29. The van der Waals surface area contributed by atoms with Gasteiger partial charge in [-0.1, -0.05) is 0 Å². The fraction of sp³-hybridized carbons (Fsp3) is 0.556. The van der Waals surface area contributed by atoms with E-state index in [4.69, 9.17) is 0 Å². The first-order valence-corrected chi connectivity index (χ1v) is 4.47. The Balaban J connectivity index is 2.09. The number of aryl methyl sites for hydroxylation is 1. The predicted octanol–water partition coefficient (Wildman–Crippen LogP) is 0.559. The summed E-state index contributed by atoms with van der Waals surface area (Å²) in [4.78, 5) is 8.45. The quantitative estimate of drug-likeness (QED) is 0.694. The molecule has 1 aliphatic rings. The van der Waals surface area contributed by atoms with Crippen molar-refractivity contribution in [2.45, 2.75) is 19.4 Å². The lowest BCUT2D eigenvalue weighted by Crippen LogP contribution is -2.62. The first-order chi connectivity index (χ1) is 6.18. The maximum atomic E-state index is 4.29. The van der Waals surface area contributed by atoms with Crippen molar-refractivity contribution in [2.75, 3.05) is 18.4 Å². The lowest BCUT2D eigenvalue weighted by molar-refractivity contribution is 0.336. The van der Waals surface area contributed by atoms with E-state index in [0.717, 1.165) is 24.7 Å². The zero-order valence-corrected chi connectivity index (χ0v) is 7.96. The Hall–Kier alpha value is -1.16. The third-order valence-electron chi connectivity index (χ3n) is 2.24. The summed E-state index contributed by atoms with van der Waals surface area (Å²) in [6.45, 7) is 6.08. The SMILES string of the molecule is Cc1ccnc(NC2(C)CNC2)n1. The second-order valence-corrected chi connectivity index (χ2v) is 3.81. The van der Waals surface area contributed by atoms with Crippen molar-refractivity contribution in [2.24, 2.45) is 0 Å². The minimum Gasteiger partial charge on any atom is -0.346 e. The Labute approximate surface area is 77.8 Å². The Morgan fingerprint density at radius 3 is 2.85 bits per heavy atom. The van der Waals surface area contributed by atoms with E-state index in [9.17, 15) is 0 Å². The van der Waals surface area contributed by atoms with Crippen molar-refractivity contribution in [1.29, 1.82) is 0 Å². The van der Waals surface area contributed by atoms with Crippen LogP contribution < -0.4 is 10.6 Å². The van der Waals surface area contributed by atoms with Crippen LogP contribution in [-0.2, 0) is 0 Å². The van der Waals surface area contributed by atoms with Gasteiger partial charge in [-0.15, -0.1) is 0 Å². The molecule has 2 rings (SSSR count). The first-order valence-electron chi connectivity index (χ1n) is 4.47. The summed E-state index contributed by atoms with van der Waals surface area (Å²) in [5, 5.41) is 6.53. The van der Waals surface area contributed by atoms with Crippen molar-refractivity contribution in [3.63, 3.8) is 0 Å². The van der Waals surface area contributed by atoms with Crippen LogP contribution in [0.3, 0.4) is 0 Å². The summed E-state index contributed by atoms with van der Waals surface area (Å²) in [6.07, 6.45) is 1.78.